The van der Waals surface area contributed by atoms with Crippen molar-refractivity contribution in [3.05, 3.63) is 30.5 Å². The molecule has 26 heavy (non-hydrogen) atoms. The Hall–Kier alpha value is -2.50. The number of rotatable bonds is 4. The summed E-state index contributed by atoms with van der Waals surface area (Å²) in [4.78, 5) is 26.2. The highest BCUT2D eigenvalue weighted by molar-refractivity contribution is 5.93. The lowest BCUT2D eigenvalue weighted by molar-refractivity contribution is -0.149. The quantitative estimate of drug-likeness (QED) is 0.877. The largest absolute Gasteiger partial charge is 0.481 e. The lowest BCUT2D eigenvalue weighted by atomic mass is 9.81. The molecule has 2 amide bonds. The SMILES string of the molecule is CCCn1ccc2ccc(NC(=O)N3C[C@@H]4CCC[C@@]4(C(=O)O)C3)cc21. The predicted octanol–water partition coefficient (Wildman–Crippen LogP) is 3.77. The van der Waals surface area contributed by atoms with Crippen LogP contribution in [-0.2, 0) is 11.3 Å². The number of carbonyl (C=O) groups is 2. The van der Waals surface area contributed by atoms with E-state index in [1.165, 1.54) is 0 Å². The zero-order valence-corrected chi connectivity index (χ0v) is 15.1. The summed E-state index contributed by atoms with van der Waals surface area (Å²) in [6.07, 6.45) is 5.63. The molecule has 2 aliphatic rings. The minimum absolute atomic E-state index is 0.0787. The number of carboxylic acid groups (broad SMARTS) is 1. The van der Waals surface area contributed by atoms with Crippen molar-refractivity contribution in [1.29, 1.82) is 0 Å². The highest BCUT2D eigenvalue weighted by atomic mass is 16.4. The van der Waals surface area contributed by atoms with E-state index >= 15 is 0 Å². The zero-order valence-electron chi connectivity index (χ0n) is 15.1. The number of aryl methyl sites for hydroxylation is 1. The maximum atomic E-state index is 12.7. The highest BCUT2D eigenvalue weighted by Crippen LogP contribution is 2.48. The lowest BCUT2D eigenvalue weighted by Crippen LogP contribution is -2.38. The Kier molecular flexibility index (Phi) is 4.13. The van der Waals surface area contributed by atoms with E-state index in [0.717, 1.165) is 42.4 Å². The van der Waals surface area contributed by atoms with Crippen LogP contribution in [-0.4, -0.2) is 39.7 Å². The number of carbonyl (C=O) groups excluding carboxylic acids is 1. The Morgan fingerprint density at radius 2 is 2.19 bits per heavy atom. The molecule has 6 nitrogen and oxygen atoms in total. The number of aliphatic carboxylic acids is 1. The first-order chi connectivity index (χ1) is 12.5. The Balaban J connectivity index is 1.51. The molecular formula is C20H25N3O3. The highest BCUT2D eigenvalue weighted by Gasteiger charge is 2.55. The molecule has 1 saturated carbocycles. The van der Waals surface area contributed by atoms with Crippen LogP contribution in [0, 0.1) is 11.3 Å². The van der Waals surface area contributed by atoms with Crippen molar-refractivity contribution in [2.24, 2.45) is 11.3 Å². The number of urea groups is 1. The fraction of sp³-hybridized carbons (Fsp3) is 0.500. The van der Waals surface area contributed by atoms with Crippen LogP contribution < -0.4 is 5.32 Å². The van der Waals surface area contributed by atoms with Crippen LogP contribution in [0.5, 0.6) is 0 Å². The number of benzene rings is 1. The molecule has 0 unspecified atom stereocenters. The number of anilines is 1. The number of hydrogen-bond donors (Lipinski definition) is 2. The molecular weight excluding hydrogens is 330 g/mol. The van der Waals surface area contributed by atoms with E-state index in [1.807, 2.05) is 18.2 Å². The smallest absolute Gasteiger partial charge is 0.321 e. The first kappa shape index (κ1) is 16.9. The van der Waals surface area contributed by atoms with Crippen LogP contribution >= 0.6 is 0 Å². The van der Waals surface area contributed by atoms with E-state index in [2.05, 4.69) is 29.1 Å². The maximum absolute atomic E-state index is 12.7. The van der Waals surface area contributed by atoms with Gasteiger partial charge in [0.1, 0.15) is 0 Å². The van der Waals surface area contributed by atoms with Crippen molar-refractivity contribution in [3.63, 3.8) is 0 Å². The van der Waals surface area contributed by atoms with Gasteiger partial charge in [0.2, 0.25) is 0 Å². The maximum Gasteiger partial charge on any atom is 0.321 e. The summed E-state index contributed by atoms with van der Waals surface area (Å²) in [5.41, 5.74) is 1.11. The molecule has 4 rings (SSSR count). The first-order valence-corrected chi connectivity index (χ1v) is 9.42. The molecule has 1 aromatic carbocycles. The summed E-state index contributed by atoms with van der Waals surface area (Å²) >= 11 is 0. The van der Waals surface area contributed by atoms with Crippen LogP contribution in [0.4, 0.5) is 10.5 Å². The minimum atomic E-state index is -0.755. The molecule has 1 aliphatic heterocycles. The van der Waals surface area contributed by atoms with Crippen LogP contribution in [0.2, 0.25) is 0 Å². The lowest BCUT2D eigenvalue weighted by Gasteiger charge is -2.23. The topological polar surface area (TPSA) is 74.6 Å². The zero-order chi connectivity index (χ0) is 18.3. The van der Waals surface area contributed by atoms with Gasteiger partial charge in [0.05, 0.1) is 10.9 Å². The van der Waals surface area contributed by atoms with E-state index in [4.69, 9.17) is 0 Å². The van der Waals surface area contributed by atoms with Gasteiger partial charge in [-0.15, -0.1) is 0 Å². The summed E-state index contributed by atoms with van der Waals surface area (Å²) in [7, 11) is 0. The molecule has 1 aromatic heterocycles. The summed E-state index contributed by atoms with van der Waals surface area (Å²) in [6.45, 7) is 3.93. The number of carboxylic acids is 1. The number of likely N-dealkylation sites (tertiary alicyclic amines) is 1. The summed E-state index contributed by atoms with van der Waals surface area (Å²) in [5.74, 6) is -0.677. The minimum Gasteiger partial charge on any atom is -0.481 e. The van der Waals surface area contributed by atoms with Gasteiger partial charge in [0.15, 0.2) is 0 Å². The van der Waals surface area contributed by atoms with Crippen LogP contribution in [0.3, 0.4) is 0 Å². The third kappa shape index (κ3) is 2.64. The second kappa shape index (κ2) is 6.34. The average molecular weight is 355 g/mol. The monoisotopic (exact) mass is 355 g/mol. The molecule has 0 radical (unpaired) electrons. The molecule has 6 heteroatoms. The van der Waals surface area contributed by atoms with Gasteiger partial charge in [-0.3, -0.25) is 4.79 Å². The van der Waals surface area contributed by atoms with E-state index in [1.54, 1.807) is 4.90 Å². The molecule has 1 saturated heterocycles. The summed E-state index contributed by atoms with van der Waals surface area (Å²) < 4.78 is 2.19. The van der Waals surface area contributed by atoms with Crippen molar-refractivity contribution in [2.45, 2.75) is 39.2 Å². The Labute approximate surface area is 152 Å². The van der Waals surface area contributed by atoms with Crippen LogP contribution in [0.15, 0.2) is 30.5 Å². The first-order valence-electron chi connectivity index (χ1n) is 9.42. The summed E-state index contributed by atoms with van der Waals surface area (Å²) in [5, 5.41) is 13.8. The van der Waals surface area contributed by atoms with Crippen molar-refractivity contribution in [1.82, 2.24) is 9.47 Å². The fourth-order valence-corrected chi connectivity index (χ4v) is 4.69. The van der Waals surface area contributed by atoms with Crippen molar-refractivity contribution in [3.8, 4) is 0 Å². The predicted molar refractivity (Wildman–Crippen MR) is 100 cm³/mol. The van der Waals surface area contributed by atoms with E-state index in [0.29, 0.717) is 19.5 Å². The van der Waals surface area contributed by atoms with Crippen LogP contribution in [0.25, 0.3) is 10.9 Å². The molecule has 2 N–H and O–H groups in total. The number of hydrogen-bond acceptors (Lipinski definition) is 2. The number of nitrogens with one attached hydrogen (secondary N) is 1. The van der Waals surface area contributed by atoms with Crippen molar-refractivity contribution in [2.75, 3.05) is 18.4 Å². The molecule has 2 fully saturated rings. The van der Waals surface area contributed by atoms with E-state index in [9.17, 15) is 14.7 Å². The number of nitrogens with zero attached hydrogens (tertiary/aromatic N) is 2. The van der Waals surface area contributed by atoms with Gasteiger partial charge >= 0.3 is 12.0 Å². The second-order valence-electron chi connectivity index (χ2n) is 7.64. The standard InChI is InChI=1S/C20H25N3O3/c1-2-9-22-10-7-14-5-6-16(11-17(14)22)21-19(26)23-12-15-4-3-8-20(15,13-23)18(24)25/h5-7,10-11,15H,2-4,8-9,12-13H2,1H3,(H,21,26)(H,24,25)/t15-,20+/m0/s1. The number of amides is 2. The van der Waals surface area contributed by atoms with Gasteiger partial charge in [-0.25, -0.2) is 4.79 Å². The van der Waals surface area contributed by atoms with Gasteiger partial charge < -0.3 is 19.9 Å². The number of fused-ring (bicyclic) bond motifs is 2. The van der Waals surface area contributed by atoms with Crippen LogP contribution in [0.1, 0.15) is 32.6 Å². The number of aromatic nitrogens is 1. The van der Waals surface area contributed by atoms with Gasteiger partial charge in [-0.1, -0.05) is 19.4 Å². The molecule has 2 heterocycles. The molecule has 2 atom stereocenters. The molecule has 0 spiro atoms. The normalized spacial score (nSPS) is 24.8. The van der Waals surface area contributed by atoms with Gasteiger partial charge in [-0.2, -0.15) is 0 Å². The Bertz CT molecular complexity index is 859. The van der Waals surface area contributed by atoms with Gasteiger partial charge in [0, 0.05) is 31.5 Å². The van der Waals surface area contributed by atoms with Crippen molar-refractivity contribution < 1.29 is 14.7 Å². The molecule has 1 aliphatic carbocycles. The fourth-order valence-electron chi connectivity index (χ4n) is 4.69. The molecule has 2 aromatic rings. The average Bonchev–Trinajstić information content (AvgIpc) is 3.28. The summed E-state index contributed by atoms with van der Waals surface area (Å²) in [6, 6.07) is 7.78. The Morgan fingerprint density at radius 1 is 1.35 bits per heavy atom. The molecule has 0 bridgehead atoms. The van der Waals surface area contributed by atoms with E-state index < -0.39 is 11.4 Å². The third-order valence-corrected chi connectivity index (χ3v) is 6.07. The van der Waals surface area contributed by atoms with Crippen molar-refractivity contribution >= 4 is 28.6 Å². The van der Waals surface area contributed by atoms with Gasteiger partial charge in [-0.05, 0) is 48.8 Å². The second-order valence-corrected chi connectivity index (χ2v) is 7.64. The van der Waals surface area contributed by atoms with E-state index in [-0.39, 0.29) is 11.9 Å². The Morgan fingerprint density at radius 3 is 2.92 bits per heavy atom. The molecule has 138 valence electrons. The van der Waals surface area contributed by atoms with Gasteiger partial charge in [0.25, 0.3) is 0 Å². The third-order valence-electron chi connectivity index (χ3n) is 6.07.